The molecular formula is C14H22O4-2. The molecule has 0 amide bonds. The molecule has 0 aromatic heterocycles. The van der Waals surface area contributed by atoms with Gasteiger partial charge in [0.1, 0.15) is 0 Å². The molecule has 0 saturated heterocycles. The van der Waals surface area contributed by atoms with Gasteiger partial charge in [-0.15, -0.1) is 0 Å². The van der Waals surface area contributed by atoms with Crippen LogP contribution in [0.25, 0.3) is 0 Å². The smallest absolute Gasteiger partial charge is 0.0454 e. The first kappa shape index (κ1) is 15.0. The maximum absolute atomic E-state index is 11.3. The third-order valence-corrected chi connectivity index (χ3v) is 4.17. The first-order chi connectivity index (χ1) is 8.52. The Bertz CT molecular complexity index is 270. The Morgan fingerprint density at radius 3 is 1.44 bits per heavy atom. The second-order valence-electron chi connectivity index (χ2n) is 5.36. The molecule has 0 radical (unpaired) electrons. The summed E-state index contributed by atoms with van der Waals surface area (Å²) in [5.74, 6) is -4.33. The summed E-state index contributed by atoms with van der Waals surface area (Å²) in [7, 11) is 0. The molecule has 1 fully saturated rings. The Hall–Kier alpha value is -1.06. The second kappa shape index (κ2) is 6.76. The fourth-order valence-corrected chi connectivity index (χ4v) is 3.44. The SMILES string of the molecule is CCCC1CCC(CCC)C(C(=O)[O-])C1C(=O)[O-]. The van der Waals surface area contributed by atoms with E-state index in [0.717, 1.165) is 38.5 Å². The molecule has 0 N–H and O–H groups in total. The maximum atomic E-state index is 11.3. The number of hydrogen-bond donors (Lipinski definition) is 0. The van der Waals surface area contributed by atoms with Gasteiger partial charge in [0.25, 0.3) is 0 Å². The fraction of sp³-hybridized carbons (Fsp3) is 0.857. The molecule has 1 aliphatic rings. The van der Waals surface area contributed by atoms with Gasteiger partial charge in [-0.3, -0.25) is 0 Å². The van der Waals surface area contributed by atoms with Crippen LogP contribution in [-0.4, -0.2) is 11.9 Å². The van der Waals surface area contributed by atoms with Crippen LogP contribution in [0.1, 0.15) is 52.4 Å². The van der Waals surface area contributed by atoms with Crippen LogP contribution < -0.4 is 10.2 Å². The van der Waals surface area contributed by atoms with Crippen molar-refractivity contribution in [2.45, 2.75) is 52.4 Å². The van der Waals surface area contributed by atoms with Crippen molar-refractivity contribution in [3.63, 3.8) is 0 Å². The predicted molar refractivity (Wildman–Crippen MR) is 63.0 cm³/mol. The molecule has 0 heterocycles. The molecule has 0 aromatic carbocycles. The maximum Gasteiger partial charge on any atom is 0.0454 e. The van der Waals surface area contributed by atoms with Crippen LogP contribution in [-0.2, 0) is 9.59 Å². The molecule has 18 heavy (non-hydrogen) atoms. The summed E-state index contributed by atoms with van der Waals surface area (Å²) in [6, 6.07) is 0. The highest BCUT2D eigenvalue weighted by atomic mass is 16.4. The van der Waals surface area contributed by atoms with E-state index in [9.17, 15) is 19.8 Å². The van der Waals surface area contributed by atoms with Crippen molar-refractivity contribution in [1.29, 1.82) is 0 Å². The van der Waals surface area contributed by atoms with Gasteiger partial charge >= 0.3 is 0 Å². The second-order valence-corrected chi connectivity index (χ2v) is 5.36. The van der Waals surface area contributed by atoms with Crippen LogP contribution in [0, 0.1) is 23.7 Å². The van der Waals surface area contributed by atoms with E-state index < -0.39 is 23.8 Å². The van der Waals surface area contributed by atoms with Crippen LogP contribution in [0.3, 0.4) is 0 Å². The zero-order chi connectivity index (χ0) is 13.7. The Morgan fingerprint density at radius 2 is 1.22 bits per heavy atom. The van der Waals surface area contributed by atoms with E-state index in [1.54, 1.807) is 0 Å². The third-order valence-electron chi connectivity index (χ3n) is 4.17. The van der Waals surface area contributed by atoms with Gasteiger partial charge in [-0.05, 0) is 24.7 Å². The highest BCUT2D eigenvalue weighted by Crippen LogP contribution is 2.42. The summed E-state index contributed by atoms with van der Waals surface area (Å²) < 4.78 is 0. The van der Waals surface area contributed by atoms with Crippen LogP contribution in [0.15, 0.2) is 0 Å². The van der Waals surface area contributed by atoms with Gasteiger partial charge in [0, 0.05) is 23.8 Å². The number of aliphatic carboxylic acids is 2. The lowest BCUT2D eigenvalue weighted by Gasteiger charge is -2.44. The van der Waals surface area contributed by atoms with Crippen molar-refractivity contribution < 1.29 is 19.8 Å². The lowest BCUT2D eigenvalue weighted by molar-refractivity contribution is -0.332. The summed E-state index contributed by atoms with van der Waals surface area (Å²) in [4.78, 5) is 22.6. The molecule has 1 aliphatic carbocycles. The predicted octanol–water partition coefficient (Wildman–Crippen LogP) is 0.345. The molecular weight excluding hydrogens is 232 g/mol. The monoisotopic (exact) mass is 254 g/mol. The third kappa shape index (κ3) is 3.24. The van der Waals surface area contributed by atoms with Crippen molar-refractivity contribution in [2.75, 3.05) is 0 Å². The standard InChI is InChI=1S/C14H24O4/c1-3-5-9-7-8-10(6-4-2)12(14(17)18)11(9)13(15)16/h9-12H,3-8H2,1-2H3,(H,15,16)(H,17,18)/p-2. The largest absolute Gasteiger partial charge is 0.550 e. The fourth-order valence-electron chi connectivity index (χ4n) is 3.44. The molecule has 0 bridgehead atoms. The Kier molecular flexibility index (Phi) is 5.63. The molecule has 104 valence electrons. The zero-order valence-electron chi connectivity index (χ0n) is 11.2. The average Bonchev–Trinajstić information content (AvgIpc) is 2.30. The quantitative estimate of drug-likeness (QED) is 0.684. The van der Waals surface area contributed by atoms with Gasteiger partial charge in [0.2, 0.25) is 0 Å². The molecule has 1 saturated carbocycles. The van der Waals surface area contributed by atoms with E-state index in [1.807, 2.05) is 13.8 Å². The molecule has 0 spiro atoms. The van der Waals surface area contributed by atoms with E-state index >= 15 is 0 Å². The molecule has 1 rings (SSSR count). The molecule has 4 unspecified atom stereocenters. The van der Waals surface area contributed by atoms with Gasteiger partial charge in [-0.1, -0.05) is 39.5 Å². The van der Waals surface area contributed by atoms with Gasteiger partial charge < -0.3 is 19.8 Å². The summed E-state index contributed by atoms with van der Waals surface area (Å²) in [6.07, 6.45) is 4.82. The summed E-state index contributed by atoms with van der Waals surface area (Å²) in [5.41, 5.74) is 0. The van der Waals surface area contributed by atoms with Crippen molar-refractivity contribution in [2.24, 2.45) is 23.7 Å². The first-order valence-corrected chi connectivity index (χ1v) is 6.94. The molecule has 4 heteroatoms. The van der Waals surface area contributed by atoms with Crippen LogP contribution in [0.5, 0.6) is 0 Å². The molecule has 4 atom stereocenters. The molecule has 0 aliphatic heterocycles. The van der Waals surface area contributed by atoms with Gasteiger partial charge in [-0.2, -0.15) is 0 Å². The molecule has 0 aromatic rings. The van der Waals surface area contributed by atoms with Crippen LogP contribution in [0.2, 0.25) is 0 Å². The van der Waals surface area contributed by atoms with Crippen LogP contribution >= 0.6 is 0 Å². The number of hydrogen-bond acceptors (Lipinski definition) is 4. The summed E-state index contributed by atoms with van der Waals surface area (Å²) in [6.45, 7) is 3.97. The normalized spacial score (nSPS) is 32.1. The van der Waals surface area contributed by atoms with Gasteiger partial charge in [0.15, 0.2) is 0 Å². The number of rotatable bonds is 6. The lowest BCUT2D eigenvalue weighted by atomic mass is 9.64. The minimum atomic E-state index is -1.22. The van der Waals surface area contributed by atoms with Gasteiger partial charge in [-0.25, -0.2) is 0 Å². The number of carboxylic acid groups (broad SMARTS) is 2. The van der Waals surface area contributed by atoms with E-state index in [4.69, 9.17) is 0 Å². The van der Waals surface area contributed by atoms with E-state index in [-0.39, 0.29) is 11.8 Å². The average molecular weight is 254 g/mol. The number of carbonyl (C=O) groups is 2. The van der Waals surface area contributed by atoms with Crippen molar-refractivity contribution in [1.82, 2.24) is 0 Å². The van der Waals surface area contributed by atoms with E-state index in [1.165, 1.54) is 0 Å². The lowest BCUT2D eigenvalue weighted by Crippen LogP contribution is -2.52. The Morgan fingerprint density at radius 1 is 0.889 bits per heavy atom. The van der Waals surface area contributed by atoms with Crippen molar-refractivity contribution in [3.8, 4) is 0 Å². The highest BCUT2D eigenvalue weighted by Gasteiger charge is 2.39. The van der Waals surface area contributed by atoms with Gasteiger partial charge in [0.05, 0.1) is 0 Å². The summed E-state index contributed by atoms with van der Waals surface area (Å²) in [5, 5.41) is 22.6. The van der Waals surface area contributed by atoms with Crippen molar-refractivity contribution >= 4 is 11.9 Å². The van der Waals surface area contributed by atoms with Crippen LogP contribution in [0.4, 0.5) is 0 Å². The Labute approximate surface area is 108 Å². The Balaban J connectivity index is 2.94. The summed E-state index contributed by atoms with van der Waals surface area (Å²) >= 11 is 0. The highest BCUT2D eigenvalue weighted by molar-refractivity contribution is 5.78. The van der Waals surface area contributed by atoms with E-state index in [2.05, 4.69) is 0 Å². The van der Waals surface area contributed by atoms with E-state index in [0.29, 0.717) is 0 Å². The zero-order valence-corrected chi connectivity index (χ0v) is 11.2. The molecule has 4 nitrogen and oxygen atoms in total. The number of carboxylic acids is 2. The topological polar surface area (TPSA) is 80.3 Å². The minimum Gasteiger partial charge on any atom is -0.550 e. The number of carbonyl (C=O) groups excluding carboxylic acids is 2. The first-order valence-electron chi connectivity index (χ1n) is 6.94. The minimum absolute atomic E-state index is 0.0731. The van der Waals surface area contributed by atoms with Crippen molar-refractivity contribution in [3.05, 3.63) is 0 Å².